The molecular weight excluding hydrogens is 359 g/mol. The maximum atomic E-state index is 5.95. The summed E-state index contributed by atoms with van der Waals surface area (Å²) in [5.41, 5.74) is 7.75. The van der Waals surface area contributed by atoms with Crippen molar-refractivity contribution in [1.82, 2.24) is 19.9 Å². The summed E-state index contributed by atoms with van der Waals surface area (Å²) in [6, 6.07) is 0. The third kappa shape index (κ3) is 4.30. The third-order valence-corrected chi connectivity index (χ3v) is 2.93. The molecule has 2 N–H and O–H groups in total. The van der Waals surface area contributed by atoms with Crippen LogP contribution in [0.3, 0.4) is 0 Å². The minimum atomic E-state index is 0. The number of hydrogen-bond acceptors (Lipinski definition) is 4. The summed E-state index contributed by atoms with van der Waals surface area (Å²) >= 11 is 0. The number of hydrogen-bond donors (Lipinski definition) is 1. The van der Waals surface area contributed by atoms with Gasteiger partial charge in [0.15, 0.2) is 5.96 Å². The molecule has 0 aliphatic carbocycles. The largest absolute Gasteiger partial charge is 0.378 e. The summed E-state index contributed by atoms with van der Waals surface area (Å²) in [5.74, 6) is 0.559. The number of aromatic nitrogens is 3. The highest BCUT2D eigenvalue weighted by Gasteiger charge is 2.12. The normalized spacial score (nSPS) is 16.3. The zero-order valence-corrected chi connectivity index (χ0v) is 13.7. The van der Waals surface area contributed by atoms with Crippen molar-refractivity contribution < 1.29 is 4.74 Å². The highest BCUT2D eigenvalue weighted by atomic mass is 127. The molecule has 0 radical (unpaired) electrons. The monoisotopic (exact) mass is 380 g/mol. The van der Waals surface area contributed by atoms with Gasteiger partial charge in [0.2, 0.25) is 0 Å². The summed E-state index contributed by atoms with van der Waals surface area (Å²) in [7, 11) is 0. The van der Waals surface area contributed by atoms with Gasteiger partial charge in [-0.2, -0.15) is 15.0 Å². The second kappa shape index (κ2) is 7.63. The van der Waals surface area contributed by atoms with Crippen LogP contribution in [-0.4, -0.2) is 52.2 Å². The van der Waals surface area contributed by atoms with Crippen LogP contribution in [0.2, 0.25) is 0 Å². The molecule has 0 bridgehead atoms. The Morgan fingerprint density at radius 2 is 2.05 bits per heavy atom. The number of nitrogens with zero attached hydrogens (tertiary/aromatic N) is 5. The van der Waals surface area contributed by atoms with Gasteiger partial charge < -0.3 is 15.4 Å². The molecule has 1 aromatic rings. The number of guanidine groups is 1. The molecule has 1 aliphatic heterocycles. The van der Waals surface area contributed by atoms with Gasteiger partial charge in [-0.15, -0.1) is 24.0 Å². The fourth-order valence-electron chi connectivity index (χ4n) is 1.80. The number of morpholine rings is 1. The zero-order chi connectivity index (χ0) is 13.0. The average molecular weight is 380 g/mol. The highest BCUT2D eigenvalue weighted by Crippen LogP contribution is 2.04. The van der Waals surface area contributed by atoms with Crippen LogP contribution >= 0.6 is 24.0 Å². The first-order valence-electron chi connectivity index (χ1n) is 6.24. The fourth-order valence-corrected chi connectivity index (χ4v) is 1.80. The van der Waals surface area contributed by atoms with Crippen LogP contribution in [0, 0.1) is 6.92 Å². The average Bonchev–Trinajstić information content (AvgIpc) is 2.77. The van der Waals surface area contributed by atoms with E-state index in [0.29, 0.717) is 25.7 Å². The minimum Gasteiger partial charge on any atom is -0.378 e. The predicted molar refractivity (Wildman–Crippen MR) is 83.6 cm³/mol. The predicted octanol–water partition coefficient (Wildman–Crippen LogP) is 0.371. The number of aliphatic imine (C=N–C) groups is 1. The summed E-state index contributed by atoms with van der Waals surface area (Å²) < 4.78 is 5.27. The van der Waals surface area contributed by atoms with Crippen LogP contribution in [0.4, 0.5) is 0 Å². The first-order valence-corrected chi connectivity index (χ1v) is 6.24. The Bertz CT molecular complexity index is 427. The molecular formula is C11H21IN6O. The molecule has 108 valence electrons. The van der Waals surface area contributed by atoms with Gasteiger partial charge in [-0.1, -0.05) is 0 Å². The number of ether oxygens (including phenoxy) is 1. The Balaban J connectivity index is 0.00000180. The number of rotatable bonds is 3. The molecule has 2 heterocycles. The van der Waals surface area contributed by atoms with E-state index in [0.717, 1.165) is 31.0 Å². The maximum absolute atomic E-state index is 5.95. The highest BCUT2D eigenvalue weighted by molar-refractivity contribution is 14.0. The summed E-state index contributed by atoms with van der Waals surface area (Å²) in [5, 5.41) is 8.63. The Morgan fingerprint density at radius 3 is 2.63 bits per heavy atom. The van der Waals surface area contributed by atoms with Crippen molar-refractivity contribution in [2.45, 2.75) is 26.9 Å². The van der Waals surface area contributed by atoms with Gasteiger partial charge in [-0.25, -0.2) is 4.99 Å². The van der Waals surface area contributed by atoms with Gasteiger partial charge in [-0.05, 0) is 13.8 Å². The smallest absolute Gasteiger partial charge is 0.191 e. The van der Waals surface area contributed by atoms with Gasteiger partial charge >= 0.3 is 0 Å². The SMILES string of the molecule is CCn1nc(C)c(CN=C(N)N2CCOCC2)n1.I. The van der Waals surface area contributed by atoms with Crippen LogP contribution in [0.25, 0.3) is 0 Å². The fraction of sp³-hybridized carbons (Fsp3) is 0.727. The van der Waals surface area contributed by atoms with Crippen molar-refractivity contribution in [3.63, 3.8) is 0 Å². The van der Waals surface area contributed by atoms with E-state index in [1.54, 1.807) is 4.80 Å². The molecule has 0 atom stereocenters. The van der Waals surface area contributed by atoms with Gasteiger partial charge in [0, 0.05) is 13.1 Å². The Kier molecular flexibility index (Phi) is 6.49. The lowest BCUT2D eigenvalue weighted by atomic mass is 10.3. The van der Waals surface area contributed by atoms with Crippen molar-refractivity contribution in [3.8, 4) is 0 Å². The molecule has 19 heavy (non-hydrogen) atoms. The van der Waals surface area contributed by atoms with Crippen LogP contribution < -0.4 is 5.73 Å². The molecule has 8 heteroatoms. The molecule has 1 fully saturated rings. The quantitative estimate of drug-likeness (QED) is 0.466. The van der Waals surface area contributed by atoms with E-state index in [1.165, 1.54) is 0 Å². The minimum absolute atomic E-state index is 0. The van der Waals surface area contributed by atoms with Crippen molar-refractivity contribution >= 4 is 29.9 Å². The molecule has 2 rings (SSSR count). The molecule has 1 aromatic heterocycles. The van der Waals surface area contributed by atoms with E-state index in [2.05, 4.69) is 15.2 Å². The molecule has 1 saturated heterocycles. The Labute approximate surface area is 130 Å². The van der Waals surface area contributed by atoms with Crippen LogP contribution in [-0.2, 0) is 17.8 Å². The number of halogens is 1. The van der Waals surface area contributed by atoms with Crippen molar-refractivity contribution in [1.29, 1.82) is 0 Å². The van der Waals surface area contributed by atoms with Crippen molar-refractivity contribution in [2.24, 2.45) is 10.7 Å². The first kappa shape index (κ1) is 16.2. The topological polar surface area (TPSA) is 81.6 Å². The van der Waals surface area contributed by atoms with E-state index in [9.17, 15) is 0 Å². The zero-order valence-electron chi connectivity index (χ0n) is 11.4. The Morgan fingerprint density at radius 1 is 1.37 bits per heavy atom. The second-order valence-electron chi connectivity index (χ2n) is 4.19. The third-order valence-electron chi connectivity index (χ3n) is 2.93. The summed E-state index contributed by atoms with van der Waals surface area (Å²) in [4.78, 5) is 8.08. The van der Waals surface area contributed by atoms with Crippen LogP contribution in [0.15, 0.2) is 4.99 Å². The molecule has 0 saturated carbocycles. The molecule has 0 spiro atoms. The van der Waals surface area contributed by atoms with Crippen LogP contribution in [0.5, 0.6) is 0 Å². The van der Waals surface area contributed by atoms with Gasteiger partial charge in [0.05, 0.1) is 32.0 Å². The number of nitrogens with two attached hydrogens (primary N) is 1. The molecule has 0 unspecified atom stereocenters. The van der Waals surface area contributed by atoms with Crippen LogP contribution in [0.1, 0.15) is 18.3 Å². The standard InChI is InChI=1S/C11H20N6O.HI/c1-3-17-14-9(2)10(15-17)8-13-11(12)16-4-6-18-7-5-16;/h3-8H2,1-2H3,(H2,12,13);1H. The van der Waals surface area contributed by atoms with E-state index in [1.807, 2.05) is 18.7 Å². The lowest BCUT2D eigenvalue weighted by Gasteiger charge is -2.27. The first-order chi connectivity index (χ1) is 8.70. The molecule has 7 nitrogen and oxygen atoms in total. The van der Waals surface area contributed by atoms with Gasteiger partial charge in [0.1, 0.15) is 5.69 Å². The molecule has 0 amide bonds. The van der Waals surface area contributed by atoms with Crippen molar-refractivity contribution in [2.75, 3.05) is 26.3 Å². The van der Waals surface area contributed by atoms with E-state index < -0.39 is 0 Å². The molecule has 0 aromatic carbocycles. The maximum Gasteiger partial charge on any atom is 0.191 e. The van der Waals surface area contributed by atoms with E-state index >= 15 is 0 Å². The lowest BCUT2D eigenvalue weighted by molar-refractivity contribution is 0.0674. The Hall–Kier alpha value is -0.900. The van der Waals surface area contributed by atoms with Crippen molar-refractivity contribution in [3.05, 3.63) is 11.4 Å². The second-order valence-corrected chi connectivity index (χ2v) is 4.19. The summed E-state index contributed by atoms with van der Waals surface area (Å²) in [6.45, 7) is 8.22. The molecule has 1 aliphatic rings. The van der Waals surface area contributed by atoms with Gasteiger partial charge in [0.25, 0.3) is 0 Å². The van der Waals surface area contributed by atoms with E-state index in [4.69, 9.17) is 10.5 Å². The van der Waals surface area contributed by atoms with Gasteiger partial charge in [-0.3, -0.25) is 0 Å². The lowest BCUT2D eigenvalue weighted by Crippen LogP contribution is -2.44. The number of aryl methyl sites for hydroxylation is 2. The van der Waals surface area contributed by atoms with E-state index in [-0.39, 0.29) is 24.0 Å². The summed E-state index contributed by atoms with van der Waals surface area (Å²) in [6.07, 6.45) is 0.